The van der Waals surface area contributed by atoms with E-state index >= 15 is 0 Å². The molecular formula is C20H23N3O4. The maximum atomic E-state index is 12.6. The number of hydrogen-bond donors (Lipinski definition) is 1. The summed E-state index contributed by atoms with van der Waals surface area (Å²) in [7, 11) is 1.62. The summed E-state index contributed by atoms with van der Waals surface area (Å²) in [4.78, 5) is 25.5. The second kappa shape index (κ2) is 8.64. The minimum Gasteiger partial charge on any atom is -0.497 e. The monoisotopic (exact) mass is 369 g/mol. The van der Waals surface area contributed by atoms with Gasteiger partial charge in [-0.25, -0.2) is 0 Å². The third kappa shape index (κ3) is 4.43. The molecule has 142 valence electrons. The zero-order chi connectivity index (χ0) is 19.2. The second-order valence-electron chi connectivity index (χ2n) is 6.52. The van der Waals surface area contributed by atoms with E-state index in [0.29, 0.717) is 6.54 Å². The van der Waals surface area contributed by atoms with Crippen molar-refractivity contribution in [3.63, 3.8) is 0 Å². The van der Waals surface area contributed by atoms with Crippen LogP contribution in [0.25, 0.3) is 0 Å². The van der Waals surface area contributed by atoms with Crippen LogP contribution in [0.2, 0.25) is 0 Å². The van der Waals surface area contributed by atoms with Crippen molar-refractivity contribution in [1.82, 2.24) is 10.2 Å². The van der Waals surface area contributed by atoms with E-state index in [-0.39, 0.29) is 17.3 Å². The van der Waals surface area contributed by atoms with Crippen LogP contribution in [0.4, 0.5) is 5.69 Å². The molecule has 1 aliphatic rings. The largest absolute Gasteiger partial charge is 0.497 e. The Morgan fingerprint density at radius 1 is 1.19 bits per heavy atom. The second-order valence-corrected chi connectivity index (χ2v) is 6.52. The molecule has 0 radical (unpaired) electrons. The van der Waals surface area contributed by atoms with Crippen LogP contribution >= 0.6 is 0 Å². The van der Waals surface area contributed by atoms with Gasteiger partial charge < -0.3 is 10.1 Å². The number of ether oxygens (including phenoxy) is 1. The standard InChI is InChI=1S/C20H23N3O4/c1-27-16-10-8-15(9-11-16)19(22-12-4-5-13-22)14-21-20(24)17-6-2-3-7-18(17)23(25)26/h2-3,6-11,19H,4-5,12-14H2,1H3,(H,21,24). The van der Waals surface area contributed by atoms with Gasteiger partial charge in [0.15, 0.2) is 0 Å². The summed E-state index contributed by atoms with van der Waals surface area (Å²) in [5.74, 6) is 0.350. The van der Waals surface area contributed by atoms with Gasteiger partial charge in [0.25, 0.3) is 11.6 Å². The van der Waals surface area contributed by atoms with Gasteiger partial charge in [-0.1, -0.05) is 24.3 Å². The van der Waals surface area contributed by atoms with Crippen molar-refractivity contribution in [1.29, 1.82) is 0 Å². The first-order valence-corrected chi connectivity index (χ1v) is 9.00. The van der Waals surface area contributed by atoms with Gasteiger partial charge in [0.2, 0.25) is 0 Å². The molecule has 3 rings (SSSR count). The summed E-state index contributed by atoms with van der Waals surface area (Å²) in [6.07, 6.45) is 2.26. The number of nitro benzene ring substituents is 1. The SMILES string of the molecule is COc1ccc(C(CNC(=O)c2ccccc2[N+](=O)[O-])N2CCCC2)cc1. The molecule has 0 bridgehead atoms. The lowest BCUT2D eigenvalue weighted by Gasteiger charge is -2.28. The number of carbonyl (C=O) groups is 1. The Kier molecular flexibility index (Phi) is 6.03. The van der Waals surface area contributed by atoms with Gasteiger partial charge in [0, 0.05) is 12.6 Å². The molecule has 0 aromatic heterocycles. The van der Waals surface area contributed by atoms with Crippen molar-refractivity contribution in [2.75, 3.05) is 26.7 Å². The van der Waals surface area contributed by atoms with E-state index in [9.17, 15) is 14.9 Å². The van der Waals surface area contributed by atoms with Crippen molar-refractivity contribution in [2.45, 2.75) is 18.9 Å². The molecule has 7 heteroatoms. The maximum Gasteiger partial charge on any atom is 0.282 e. The van der Waals surface area contributed by atoms with Crippen LogP contribution in [0.3, 0.4) is 0 Å². The zero-order valence-electron chi connectivity index (χ0n) is 15.3. The van der Waals surface area contributed by atoms with Gasteiger partial charge in [-0.05, 0) is 49.7 Å². The molecule has 0 spiro atoms. The summed E-state index contributed by atoms with van der Waals surface area (Å²) in [5, 5.41) is 14.0. The summed E-state index contributed by atoms with van der Waals surface area (Å²) in [6.45, 7) is 2.33. The summed E-state index contributed by atoms with van der Waals surface area (Å²) < 4.78 is 5.22. The molecule has 2 aromatic carbocycles. The number of benzene rings is 2. The molecule has 7 nitrogen and oxygen atoms in total. The molecule has 1 unspecified atom stereocenters. The Morgan fingerprint density at radius 2 is 1.85 bits per heavy atom. The summed E-state index contributed by atoms with van der Waals surface area (Å²) in [6, 6.07) is 13.8. The fraction of sp³-hybridized carbons (Fsp3) is 0.350. The highest BCUT2D eigenvalue weighted by molar-refractivity contribution is 5.98. The highest BCUT2D eigenvalue weighted by Crippen LogP contribution is 2.26. The van der Waals surface area contributed by atoms with Gasteiger partial charge in [-0.2, -0.15) is 0 Å². The molecule has 0 aliphatic carbocycles. The normalized spacial score (nSPS) is 15.3. The molecule has 1 aliphatic heterocycles. The number of para-hydroxylation sites is 1. The Morgan fingerprint density at radius 3 is 2.48 bits per heavy atom. The smallest absolute Gasteiger partial charge is 0.282 e. The third-order valence-electron chi connectivity index (χ3n) is 4.88. The molecule has 27 heavy (non-hydrogen) atoms. The van der Waals surface area contributed by atoms with E-state index < -0.39 is 10.8 Å². The van der Waals surface area contributed by atoms with E-state index in [1.54, 1.807) is 19.2 Å². The highest BCUT2D eigenvalue weighted by Gasteiger charge is 2.25. The molecule has 0 saturated carbocycles. The zero-order valence-corrected chi connectivity index (χ0v) is 15.3. The van der Waals surface area contributed by atoms with Gasteiger partial charge in [0.05, 0.1) is 18.1 Å². The number of nitrogens with zero attached hydrogens (tertiary/aromatic N) is 2. The van der Waals surface area contributed by atoms with Crippen LogP contribution in [-0.2, 0) is 0 Å². The molecule has 1 heterocycles. The van der Waals surface area contributed by atoms with Crippen molar-refractivity contribution in [3.8, 4) is 5.75 Å². The van der Waals surface area contributed by atoms with Crippen LogP contribution in [0, 0.1) is 10.1 Å². The lowest BCUT2D eigenvalue weighted by molar-refractivity contribution is -0.385. The third-order valence-corrected chi connectivity index (χ3v) is 4.88. The number of amides is 1. The first kappa shape index (κ1) is 18.8. The van der Waals surface area contributed by atoms with Gasteiger partial charge in [0.1, 0.15) is 11.3 Å². The molecular weight excluding hydrogens is 346 g/mol. The minimum absolute atomic E-state index is 0.0186. The van der Waals surface area contributed by atoms with E-state index in [0.717, 1.165) is 37.2 Å². The first-order valence-electron chi connectivity index (χ1n) is 9.00. The van der Waals surface area contributed by atoms with Gasteiger partial charge in [-0.15, -0.1) is 0 Å². The average molecular weight is 369 g/mol. The molecule has 1 fully saturated rings. The number of likely N-dealkylation sites (tertiary alicyclic amines) is 1. The quantitative estimate of drug-likeness (QED) is 0.598. The van der Waals surface area contributed by atoms with Crippen molar-refractivity contribution < 1.29 is 14.5 Å². The fourth-order valence-electron chi connectivity index (χ4n) is 3.45. The van der Waals surface area contributed by atoms with E-state index in [4.69, 9.17) is 4.74 Å². The Balaban J connectivity index is 1.76. The van der Waals surface area contributed by atoms with E-state index in [2.05, 4.69) is 10.2 Å². The van der Waals surface area contributed by atoms with Crippen molar-refractivity contribution >= 4 is 11.6 Å². The Labute approximate surface area is 158 Å². The molecule has 1 atom stereocenters. The predicted molar refractivity (Wildman–Crippen MR) is 102 cm³/mol. The van der Waals surface area contributed by atoms with Crippen LogP contribution < -0.4 is 10.1 Å². The van der Waals surface area contributed by atoms with Crippen LogP contribution in [0.5, 0.6) is 5.75 Å². The topological polar surface area (TPSA) is 84.7 Å². The maximum absolute atomic E-state index is 12.6. The molecule has 1 saturated heterocycles. The number of methoxy groups -OCH3 is 1. The molecule has 1 amide bonds. The van der Waals surface area contributed by atoms with E-state index in [1.165, 1.54) is 12.1 Å². The van der Waals surface area contributed by atoms with Gasteiger partial charge >= 0.3 is 0 Å². The predicted octanol–water partition coefficient (Wildman–Crippen LogP) is 3.17. The number of hydrogen-bond acceptors (Lipinski definition) is 5. The number of nitro groups is 1. The first-order chi connectivity index (χ1) is 13.1. The fourth-order valence-corrected chi connectivity index (χ4v) is 3.45. The highest BCUT2D eigenvalue weighted by atomic mass is 16.6. The van der Waals surface area contributed by atoms with E-state index in [1.807, 2.05) is 24.3 Å². The molecule has 1 N–H and O–H groups in total. The van der Waals surface area contributed by atoms with Crippen molar-refractivity contribution in [3.05, 3.63) is 69.8 Å². The van der Waals surface area contributed by atoms with Crippen molar-refractivity contribution in [2.24, 2.45) is 0 Å². The average Bonchev–Trinajstić information content (AvgIpc) is 3.23. The number of carbonyl (C=O) groups excluding carboxylic acids is 1. The summed E-state index contributed by atoms with van der Waals surface area (Å²) >= 11 is 0. The number of nitrogens with one attached hydrogen (secondary N) is 1. The number of rotatable bonds is 7. The molecule has 2 aromatic rings. The van der Waals surface area contributed by atoms with Crippen LogP contribution in [0.1, 0.15) is 34.8 Å². The van der Waals surface area contributed by atoms with Crippen LogP contribution in [-0.4, -0.2) is 42.5 Å². The van der Waals surface area contributed by atoms with Crippen LogP contribution in [0.15, 0.2) is 48.5 Å². The summed E-state index contributed by atoms with van der Waals surface area (Å²) in [5.41, 5.74) is 0.982. The van der Waals surface area contributed by atoms with Gasteiger partial charge in [-0.3, -0.25) is 19.8 Å². The minimum atomic E-state index is -0.531. The Hall–Kier alpha value is -2.93. The lowest BCUT2D eigenvalue weighted by Crippen LogP contribution is -2.37. The lowest BCUT2D eigenvalue weighted by atomic mass is 10.0. The Bertz CT molecular complexity index is 801.